The standard InChI is InChI=1S/C53H90NO8P/c1-3-5-7-9-11-13-15-17-19-21-23-25-27-29-31-33-35-37-39-41-43-45-52(56)54-47-48-61-63(58,59)62-50-51(55)49-60-53(57)46-44-42-40-38-36-34-32-30-28-26-24-22-20-18-16-14-12-10-8-6-4-2/h5,7,11,13,17-20,23,25,29,31,35,37,41,43,51,55H,3-4,6,8-10,12,14-16,21-22,24,26-28,30,32-34,36,38-40,42,44-50H2,1-2H3,(H,54,56)(H,58,59)/b7-5-,13-11-,19-17-,20-18+,25-23-,31-29-,37-35-,43-41-. The Labute approximate surface area is 385 Å². The van der Waals surface area contributed by atoms with Crippen LogP contribution >= 0.6 is 7.82 Å². The van der Waals surface area contributed by atoms with Gasteiger partial charge in [-0.25, -0.2) is 4.57 Å². The van der Waals surface area contributed by atoms with Crippen LogP contribution in [0.15, 0.2) is 97.2 Å². The Morgan fingerprint density at radius 3 is 1.40 bits per heavy atom. The van der Waals surface area contributed by atoms with Crippen molar-refractivity contribution in [1.29, 1.82) is 0 Å². The fourth-order valence-electron chi connectivity index (χ4n) is 6.33. The van der Waals surface area contributed by atoms with Crippen LogP contribution in [0.25, 0.3) is 0 Å². The van der Waals surface area contributed by atoms with Gasteiger partial charge in [0.15, 0.2) is 0 Å². The Balaban J connectivity index is 3.69. The molecule has 9 nitrogen and oxygen atoms in total. The van der Waals surface area contributed by atoms with Crippen molar-refractivity contribution in [2.75, 3.05) is 26.4 Å². The lowest BCUT2D eigenvalue weighted by Crippen LogP contribution is -2.26. The lowest BCUT2D eigenvalue weighted by atomic mass is 10.0. The number of hydrogen-bond acceptors (Lipinski definition) is 7. The number of carbonyl (C=O) groups is 2. The van der Waals surface area contributed by atoms with E-state index in [4.69, 9.17) is 13.8 Å². The van der Waals surface area contributed by atoms with Crippen molar-refractivity contribution in [3.05, 3.63) is 97.2 Å². The van der Waals surface area contributed by atoms with Crippen molar-refractivity contribution < 1.29 is 37.9 Å². The van der Waals surface area contributed by atoms with Crippen molar-refractivity contribution in [3.63, 3.8) is 0 Å². The molecule has 360 valence electrons. The number of unbranched alkanes of at least 4 members (excludes halogenated alkanes) is 17. The van der Waals surface area contributed by atoms with Gasteiger partial charge in [0.05, 0.1) is 13.2 Å². The number of allylic oxidation sites excluding steroid dienone is 15. The molecule has 1 amide bonds. The van der Waals surface area contributed by atoms with E-state index < -0.39 is 26.5 Å². The first-order valence-electron chi connectivity index (χ1n) is 24.7. The molecule has 0 fully saturated rings. The maximum absolute atomic E-state index is 12.1. The summed E-state index contributed by atoms with van der Waals surface area (Å²) in [5, 5.41) is 12.7. The zero-order valence-electron chi connectivity index (χ0n) is 39.7. The Morgan fingerprint density at radius 1 is 0.524 bits per heavy atom. The molecule has 0 aliphatic carbocycles. The molecule has 0 aromatic rings. The van der Waals surface area contributed by atoms with E-state index in [1.54, 1.807) is 6.08 Å². The maximum Gasteiger partial charge on any atom is 0.472 e. The first-order chi connectivity index (χ1) is 30.8. The van der Waals surface area contributed by atoms with Crippen LogP contribution in [-0.2, 0) is 27.9 Å². The number of esters is 1. The second kappa shape index (κ2) is 48.4. The molecule has 0 aromatic heterocycles. The number of ether oxygens (including phenoxy) is 1. The molecule has 2 atom stereocenters. The molecule has 0 aromatic carbocycles. The molecular weight excluding hydrogens is 810 g/mol. The normalized spacial score (nSPS) is 14.0. The largest absolute Gasteiger partial charge is 0.472 e. The Kier molecular flexibility index (Phi) is 46.0. The topological polar surface area (TPSA) is 131 Å². The van der Waals surface area contributed by atoms with E-state index in [1.165, 1.54) is 103 Å². The number of phosphoric ester groups is 1. The minimum atomic E-state index is -4.45. The second-order valence-corrected chi connectivity index (χ2v) is 17.5. The number of rotatable bonds is 45. The fourth-order valence-corrected chi connectivity index (χ4v) is 7.09. The van der Waals surface area contributed by atoms with Crippen LogP contribution in [0, 0.1) is 0 Å². The van der Waals surface area contributed by atoms with Gasteiger partial charge in [-0.05, 0) is 77.0 Å². The van der Waals surface area contributed by atoms with Gasteiger partial charge in [-0.3, -0.25) is 18.6 Å². The minimum Gasteiger partial charge on any atom is -0.463 e. The van der Waals surface area contributed by atoms with Gasteiger partial charge in [-0.15, -0.1) is 0 Å². The smallest absolute Gasteiger partial charge is 0.463 e. The van der Waals surface area contributed by atoms with Gasteiger partial charge >= 0.3 is 13.8 Å². The highest BCUT2D eigenvalue weighted by Gasteiger charge is 2.23. The number of aliphatic hydroxyl groups is 1. The SMILES string of the molecule is CC/C=C\C/C=C\C/C=C\C/C=C\C/C=C\C/C=C\C/C=C\CC(=O)NCCOP(=O)(O)OCC(O)COC(=O)CCCCCCCCCCCCC/C=C/CCCCCCCC. The highest BCUT2D eigenvalue weighted by molar-refractivity contribution is 7.47. The summed E-state index contributed by atoms with van der Waals surface area (Å²) in [6.45, 7) is 3.31. The summed E-state index contributed by atoms with van der Waals surface area (Å²) in [6.07, 6.45) is 63.7. The van der Waals surface area contributed by atoms with Crippen LogP contribution in [0.1, 0.15) is 194 Å². The molecule has 0 spiro atoms. The molecule has 0 aliphatic heterocycles. The zero-order chi connectivity index (χ0) is 46.0. The molecule has 63 heavy (non-hydrogen) atoms. The molecule has 3 N–H and O–H groups in total. The minimum absolute atomic E-state index is 0.0196. The Hall–Kier alpha value is -3.07. The third kappa shape index (κ3) is 49.8. The van der Waals surface area contributed by atoms with Gasteiger partial charge in [0.25, 0.3) is 0 Å². The average molecular weight is 900 g/mol. The second-order valence-electron chi connectivity index (χ2n) is 16.1. The quantitative estimate of drug-likeness (QED) is 0.0238. The highest BCUT2D eigenvalue weighted by atomic mass is 31.2. The Bertz CT molecular complexity index is 1350. The molecule has 0 heterocycles. The molecule has 10 heteroatoms. The Morgan fingerprint density at radius 2 is 0.937 bits per heavy atom. The predicted octanol–water partition coefficient (Wildman–Crippen LogP) is 14.6. The van der Waals surface area contributed by atoms with E-state index in [0.29, 0.717) is 0 Å². The number of carbonyl (C=O) groups excluding carboxylic acids is 2. The summed E-state index contributed by atoms with van der Waals surface area (Å²) in [5.74, 6) is -0.655. The number of phosphoric acid groups is 1. The van der Waals surface area contributed by atoms with Crippen LogP contribution in [0.2, 0.25) is 0 Å². The van der Waals surface area contributed by atoms with Gasteiger partial charge < -0.3 is 20.1 Å². The monoisotopic (exact) mass is 900 g/mol. The highest BCUT2D eigenvalue weighted by Crippen LogP contribution is 2.42. The van der Waals surface area contributed by atoms with Gasteiger partial charge in [0.1, 0.15) is 12.7 Å². The van der Waals surface area contributed by atoms with Crippen LogP contribution in [0.4, 0.5) is 0 Å². The summed E-state index contributed by atoms with van der Waals surface area (Å²) in [7, 11) is -4.45. The molecule has 0 saturated heterocycles. The number of nitrogens with one attached hydrogen (secondary N) is 1. The molecule has 0 bridgehead atoms. The first-order valence-corrected chi connectivity index (χ1v) is 26.2. The number of amides is 1. The summed E-state index contributed by atoms with van der Waals surface area (Å²) >= 11 is 0. The third-order valence-corrected chi connectivity index (χ3v) is 11.0. The van der Waals surface area contributed by atoms with E-state index in [-0.39, 0.29) is 38.5 Å². The van der Waals surface area contributed by atoms with Crippen LogP contribution < -0.4 is 5.32 Å². The third-order valence-electron chi connectivity index (χ3n) is 10.0. The fraction of sp³-hybridized carbons (Fsp3) is 0.660. The molecule has 0 radical (unpaired) electrons. The zero-order valence-corrected chi connectivity index (χ0v) is 40.6. The van der Waals surface area contributed by atoms with Crippen LogP contribution in [0.5, 0.6) is 0 Å². The van der Waals surface area contributed by atoms with Gasteiger partial charge in [-0.2, -0.15) is 0 Å². The van der Waals surface area contributed by atoms with Gasteiger partial charge in [-0.1, -0.05) is 201 Å². The maximum atomic E-state index is 12.1. The first kappa shape index (κ1) is 59.9. The summed E-state index contributed by atoms with van der Waals surface area (Å²) in [5.41, 5.74) is 0. The van der Waals surface area contributed by atoms with Crippen molar-refractivity contribution in [2.45, 2.75) is 200 Å². The number of hydrogen-bond donors (Lipinski definition) is 3. The number of aliphatic hydroxyl groups excluding tert-OH is 1. The van der Waals surface area contributed by atoms with Crippen LogP contribution in [-0.4, -0.2) is 54.3 Å². The van der Waals surface area contributed by atoms with Crippen molar-refractivity contribution >= 4 is 19.7 Å². The predicted molar refractivity (Wildman–Crippen MR) is 265 cm³/mol. The van der Waals surface area contributed by atoms with E-state index in [2.05, 4.69) is 98.2 Å². The summed E-state index contributed by atoms with van der Waals surface area (Å²) in [6, 6.07) is 0. The van der Waals surface area contributed by atoms with E-state index in [0.717, 1.165) is 64.2 Å². The lowest BCUT2D eigenvalue weighted by molar-refractivity contribution is -0.147. The summed E-state index contributed by atoms with van der Waals surface area (Å²) < 4.78 is 26.9. The average Bonchev–Trinajstić information content (AvgIpc) is 3.27. The molecule has 2 unspecified atom stereocenters. The van der Waals surface area contributed by atoms with Gasteiger partial charge in [0.2, 0.25) is 5.91 Å². The van der Waals surface area contributed by atoms with Crippen molar-refractivity contribution in [3.8, 4) is 0 Å². The van der Waals surface area contributed by atoms with E-state index in [1.807, 2.05) is 12.2 Å². The van der Waals surface area contributed by atoms with Crippen LogP contribution in [0.3, 0.4) is 0 Å². The molecule has 0 rings (SSSR count). The summed E-state index contributed by atoms with van der Waals surface area (Å²) in [4.78, 5) is 34.0. The van der Waals surface area contributed by atoms with E-state index >= 15 is 0 Å². The molecular formula is C53H90NO8P. The van der Waals surface area contributed by atoms with Crippen molar-refractivity contribution in [2.24, 2.45) is 0 Å². The molecule has 0 saturated carbocycles. The van der Waals surface area contributed by atoms with Crippen molar-refractivity contribution in [1.82, 2.24) is 5.32 Å². The lowest BCUT2D eigenvalue weighted by Gasteiger charge is -2.15. The van der Waals surface area contributed by atoms with E-state index in [9.17, 15) is 24.2 Å². The molecule has 0 aliphatic rings. The van der Waals surface area contributed by atoms with Gasteiger partial charge in [0, 0.05) is 19.4 Å².